The predicted molar refractivity (Wildman–Crippen MR) is 121 cm³/mol. The van der Waals surface area contributed by atoms with Crippen molar-refractivity contribution in [2.24, 2.45) is 0 Å². The molecule has 0 bridgehead atoms. The lowest BCUT2D eigenvalue weighted by atomic mass is 9.72. The van der Waals surface area contributed by atoms with Gasteiger partial charge >= 0.3 is 0 Å². The number of pyridine rings is 1. The summed E-state index contributed by atoms with van der Waals surface area (Å²) in [5.74, 6) is 0.582. The average Bonchev–Trinajstić information content (AvgIpc) is 3.34. The first-order chi connectivity index (χ1) is 15.6. The number of ketones is 1. The lowest BCUT2D eigenvalue weighted by Gasteiger charge is -2.36. The van der Waals surface area contributed by atoms with Crippen molar-refractivity contribution in [1.82, 2.24) is 10.3 Å². The third-order valence-corrected chi connectivity index (χ3v) is 6.06. The van der Waals surface area contributed by atoms with E-state index in [-0.39, 0.29) is 17.6 Å². The van der Waals surface area contributed by atoms with Gasteiger partial charge in [0.05, 0.1) is 6.26 Å². The van der Waals surface area contributed by atoms with E-state index in [0.717, 1.165) is 22.7 Å². The number of hydrogen-bond donors (Lipinski definition) is 2. The largest absolute Gasteiger partial charge is 0.469 e. The molecule has 0 saturated carbocycles. The number of benzene rings is 1. The molecular formula is C26H23N3O3. The first-order valence-corrected chi connectivity index (χ1v) is 10.7. The normalized spacial score (nSPS) is 20.6. The van der Waals surface area contributed by atoms with Crippen LogP contribution in [0.1, 0.15) is 42.9 Å². The summed E-state index contributed by atoms with van der Waals surface area (Å²) in [6.07, 6.45) is 4.27. The number of allylic oxidation sites excluding steroid dienone is 3. The van der Waals surface area contributed by atoms with Crippen LogP contribution in [0.5, 0.6) is 0 Å². The smallest absolute Gasteiger partial charge is 0.255 e. The molecule has 2 N–H and O–H groups in total. The maximum Gasteiger partial charge on any atom is 0.255 e. The molecule has 2 atom stereocenters. The Kier molecular flexibility index (Phi) is 5.19. The zero-order valence-electron chi connectivity index (χ0n) is 17.7. The Morgan fingerprint density at radius 2 is 1.88 bits per heavy atom. The van der Waals surface area contributed by atoms with E-state index >= 15 is 0 Å². The molecule has 5 rings (SSSR count). The summed E-state index contributed by atoms with van der Waals surface area (Å²) in [4.78, 5) is 31.0. The fraction of sp³-hybridized carbons (Fsp3) is 0.192. The molecule has 2 aliphatic rings. The van der Waals surface area contributed by atoms with Gasteiger partial charge in [-0.05, 0) is 43.2 Å². The molecule has 0 radical (unpaired) electrons. The van der Waals surface area contributed by atoms with Gasteiger partial charge in [-0.3, -0.25) is 9.59 Å². The number of nitrogens with zero attached hydrogens (tertiary/aromatic N) is 1. The van der Waals surface area contributed by atoms with Gasteiger partial charge in [0.25, 0.3) is 5.91 Å². The van der Waals surface area contributed by atoms with Gasteiger partial charge in [-0.1, -0.05) is 36.4 Å². The van der Waals surface area contributed by atoms with E-state index in [1.165, 1.54) is 0 Å². The summed E-state index contributed by atoms with van der Waals surface area (Å²) in [5, 5.41) is 6.26. The average molecular weight is 425 g/mol. The molecule has 160 valence electrons. The van der Waals surface area contributed by atoms with Crippen LogP contribution in [0, 0.1) is 0 Å². The number of dihydropyridines is 1. The van der Waals surface area contributed by atoms with Crippen LogP contribution < -0.4 is 10.6 Å². The first kappa shape index (κ1) is 20.0. The van der Waals surface area contributed by atoms with Crippen LogP contribution in [-0.2, 0) is 9.59 Å². The summed E-state index contributed by atoms with van der Waals surface area (Å²) < 4.78 is 5.58. The minimum atomic E-state index is -0.443. The van der Waals surface area contributed by atoms with E-state index in [9.17, 15) is 9.59 Å². The Bertz CT molecular complexity index is 1210. The molecule has 0 saturated heterocycles. The standard InChI is InChI=1S/C26H23N3O3/c1-16-23(26(31)29-22-11-5-6-12-27-22)24(17-8-3-2-4-9-17)25-19(28-16)14-18(15-20(25)30)21-10-7-13-32-21/h2-13,18,24,28H,14-15H2,1H3,(H,27,29,31)/t18-,24+/m0/s1. The molecule has 0 spiro atoms. The van der Waals surface area contributed by atoms with Crippen LogP contribution in [0.4, 0.5) is 5.82 Å². The Morgan fingerprint density at radius 3 is 2.59 bits per heavy atom. The van der Waals surface area contributed by atoms with Crippen molar-refractivity contribution < 1.29 is 14.0 Å². The van der Waals surface area contributed by atoms with Crippen molar-refractivity contribution in [1.29, 1.82) is 0 Å². The fourth-order valence-corrected chi connectivity index (χ4v) is 4.66. The molecule has 1 aromatic carbocycles. The quantitative estimate of drug-likeness (QED) is 0.634. The number of hydrogen-bond acceptors (Lipinski definition) is 5. The van der Waals surface area contributed by atoms with Gasteiger partial charge in [0.2, 0.25) is 0 Å². The zero-order valence-corrected chi connectivity index (χ0v) is 17.7. The lowest BCUT2D eigenvalue weighted by molar-refractivity contribution is -0.116. The van der Waals surface area contributed by atoms with Crippen molar-refractivity contribution in [2.45, 2.75) is 31.6 Å². The molecule has 6 heteroatoms. The van der Waals surface area contributed by atoms with Crippen LogP contribution in [-0.4, -0.2) is 16.7 Å². The Balaban J connectivity index is 1.56. The predicted octanol–water partition coefficient (Wildman–Crippen LogP) is 4.67. The van der Waals surface area contributed by atoms with Crippen molar-refractivity contribution in [3.63, 3.8) is 0 Å². The zero-order chi connectivity index (χ0) is 22.1. The van der Waals surface area contributed by atoms with E-state index in [1.54, 1.807) is 24.6 Å². The Morgan fingerprint density at radius 1 is 1.06 bits per heavy atom. The third kappa shape index (κ3) is 3.64. The van der Waals surface area contributed by atoms with Gasteiger partial charge in [-0.25, -0.2) is 4.98 Å². The summed E-state index contributed by atoms with van der Waals surface area (Å²) in [6, 6.07) is 18.8. The summed E-state index contributed by atoms with van der Waals surface area (Å²) >= 11 is 0. The van der Waals surface area contributed by atoms with Gasteiger partial charge in [-0.15, -0.1) is 0 Å². The second-order valence-corrected chi connectivity index (χ2v) is 8.11. The SMILES string of the molecule is CC1=C(C(=O)Nc2ccccn2)[C@@H](c2ccccc2)C2=C(C[C@H](c3ccco3)CC2=O)N1. The van der Waals surface area contributed by atoms with Crippen molar-refractivity contribution in [3.8, 4) is 0 Å². The number of nitrogens with one attached hydrogen (secondary N) is 2. The maximum atomic E-state index is 13.4. The van der Waals surface area contributed by atoms with E-state index < -0.39 is 5.92 Å². The minimum absolute atomic E-state index is 0.0168. The molecule has 0 unspecified atom stereocenters. The summed E-state index contributed by atoms with van der Waals surface area (Å²) in [7, 11) is 0. The molecule has 0 fully saturated rings. The van der Waals surface area contributed by atoms with E-state index in [2.05, 4.69) is 15.6 Å². The van der Waals surface area contributed by atoms with Crippen LogP contribution in [0.3, 0.4) is 0 Å². The van der Waals surface area contributed by atoms with Gasteiger partial charge in [0, 0.05) is 47.0 Å². The Hall–Kier alpha value is -3.93. The molecule has 32 heavy (non-hydrogen) atoms. The number of furan rings is 1. The number of carbonyl (C=O) groups excluding carboxylic acids is 2. The van der Waals surface area contributed by atoms with Gasteiger partial charge in [0.1, 0.15) is 11.6 Å². The highest BCUT2D eigenvalue weighted by molar-refractivity contribution is 6.09. The van der Waals surface area contributed by atoms with Crippen LogP contribution in [0.25, 0.3) is 0 Å². The Labute approximate surface area is 186 Å². The minimum Gasteiger partial charge on any atom is -0.469 e. The van der Waals surface area contributed by atoms with Crippen LogP contribution >= 0.6 is 0 Å². The molecule has 1 aliphatic carbocycles. The van der Waals surface area contributed by atoms with E-state index in [1.807, 2.05) is 55.5 Å². The number of rotatable bonds is 4. The second-order valence-electron chi connectivity index (χ2n) is 8.11. The van der Waals surface area contributed by atoms with Crippen molar-refractivity contribution in [2.75, 3.05) is 5.32 Å². The second kappa shape index (κ2) is 8.30. The highest BCUT2D eigenvalue weighted by Crippen LogP contribution is 2.45. The fourth-order valence-electron chi connectivity index (χ4n) is 4.66. The number of aromatic nitrogens is 1. The van der Waals surface area contributed by atoms with Gasteiger partial charge < -0.3 is 15.1 Å². The van der Waals surface area contributed by atoms with E-state index in [4.69, 9.17) is 4.42 Å². The molecule has 1 amide bonds. The molecule has 3 heterocycles. The number of carbonyl (C=O) groups is 2. The lowest BCUT2D eigenvalue weighted by Crippen LogP contribution is -2.37. The molecular weight excluding hydrogens is 402 g/mol. The molecule has 2 aromatic heterocycles. The molecule has 6 nitrogen and oxygen atoms in total. The monoisotopic (exact) mass is 425 g/mol. The first-order valence-electron chi connectivity index (χ1n) is 10.7. The van der Waals surface area contributed by atoms with Crippen molar-refractivity contribution in [3.05, 3.63) is 107 Å². The summed E-state index contributed by atoms with van der Waals surface area (Å²) in [6.45, 7) is 1.88. The van der Waals surface area contributed by atoms with E-state index in [0.29, 0.717) is 29.8 Å². The van der Waals surface area contributed by atoms with Crippen LogP contribution in [0.15, 0.2) is 100 Å². The number of Topliss-reactive ketones (excluding diaryl/α,β-unsaturated/α-hetero) is 1. The highest BCUT2D eigenvalue weighted by atomic mass is 16.3. The summed E-state index contributed by atoms with van der Waals surface area (Å²) in [5.41, 5.74) is 3.71. The number of anilines is 1. The maximum absolute atomic E-state index is 13.4. The third-order valence-electron chi connectivity index (χ3n) is 6.06. The van der Waals surface area contributed by atoms with Gasteiger partial charge in [0.15, 0.2) is 5.78 Å². The molecule has 1 aliphatic heterocycles. The topological polar surface area (TPSA) is 84.2 Å². The molecule has 3 aromatic rings. The van der Waals surface area contributed by atoms with Crippen molar-refractivity contribution >= 4 is 17.5 Å². The highest BCUT2D eigenvalue weighted by Gasteiger charge is 2.41. The number of amides is 1. The van der Waals surface area contributed by atoms with Crippen LogP contribution in [0.2, 0.25) is 0 Å². The van der Waals surface area contributed by atoms with Gasteiger partial charge in [-0.2, -0.15) is 0 Å².